The van der Waals surface area contributed by atoms with Gasteiger partial charge >= 0.3 is 17.0 Å². The minimum absolute atomic E-state index is 0.0758. The number of ether oxygens (including phenoxy) is 1. The predicted molar refractivity (Wildman–Crippen MR) is 144 cm³/mol. The Balaban J connectivity index is 1.48. The number of hydrogen-bond donors (Lipinski definition) is 3. The first kappa shape index (κ1) is 28.9. The third kappa shape index (κ3) is 5.63. The average molecular weight is 672 g/mol. The Morgan fingerprint density at radius 1 is 1.12 bits per heavy atom. The van der Waals surface area contributed by atoms with Crippen molar-refractivity contribution in [2.45, 2.75) is 22.4 Å². The Morgan fingerprint density at radius 2 is 1.85 bits per heavy atom. The van der Waals surface area contributed by atoms with E-state index in [9.17, 15) is 42.3 Å². The number of halogens is 4. The number of carboxylic acids is 1. The second kappa shape index (κ2) is 11.0. The number of nitrogens with one attached hydrogen (secondary N) is 2. The van der Waals surface area contributed by atoms with E-state index in [1.807, 2.05) is 0 Å². The number of imide groups is 1. The number of amides is 3. The number of para-hydroxylation sites is 1. The number of aliphatic carboxylic acids is 1. The molecule has 0 bridgehead atoms. The highest BCUT2D eigenvalue weighted by Crippen LogP contribution is 2.54. The van der Waals surface area contributed by atoms with E-state index in [4.69, 9.17) is 4.74 Å². The number of carbonyl (C=O) groups excluding carboxylic acids is 3. The van der Waals surface area contributed by atoms with Gasteiger partial charge in [-0.3, -0.25) is 28.9 Å². The van der Waals surface area contributed by atoms with Crippen molar-refractivity contribution < 1.29 is 42.2 Å². The monoisotopic (exact) mass is 671 g/mol. The molecule has 1 aromatic heterocycles. The third-order valence-electron chi connectivity index (χ3n) is 6.38. The van der Waals surface area contributed by atoms with Gasteiger partial charge in [-0.2, -0.15) is 13.2 Å². The molecule has 214 valence electrons. The van der Waals surface area contributed by atoms with E-state index in [-0.39, 0.29) is 5.75 Å². The molecule has 3 aromatic rings. The van der Waals surface area contributed by atoms with Crippen LogP contribution in [-0.4, -0.2) is 57.1 Å². The molecule has 2 aliphatic heterocycles. The predicted octanol–water partition coefficient (Wildman–Crippen LogP) is 3.91. The number of hydrogen-bond acceptors (Lipinski definition) is 8. The Bertz CT molecular complexity index is 1640. The summed E-state index contributed by atoms with van der Waals surface area (Å²) in [5.74, 6) is -5.66. The maximum absolute atomic E-state index is 13.4. The molecule has 0 unspecified atom stereocenters. The summed E-state index contributed by atoms with van der Waals surface area (Å²) >= 11 is 5.13. The summed E-state index contributed by atoms with van der Waals surface area (Å²) in [7, 11) is 0. The van der Waals surface area contributed by atoms with Gasteiger partial charge in [-0.25, -0.2) is 0 Å². The highest BCUT2D eigenvalue weighted by Gasteiger charge is 2.56. The molecule has 16 heteroatoms. The summed E-state index contributed by atoms with van der Waals surface area (Å²) in [5.41, 5.74) is -1.17. The van der Waals surface area contributed by atoms with E-state index < -0.39 is 76.2 Å². The van der Waals surface area contributed by atoms with E-state index in [1.54, 1.807) is 12.1 Å². The molecule has 2 aromatic carbocycles. The van der Waals surface area contributed by atoms with E-state index in [2.05, 4.69) is 26.2 Å². The maximum atomic E-state index is 13.4. The smallest absolute Gasteiger partial charge is 0.418 e. The van der Waals surface area contributed by atoms with Crippen LogP contribution in [0.1, 0.15) is 21.9 Å². The van der Waals surface area contributed by atoms with Gasteiger partial charge in [0.2, 0.25) is 11.8 Å². The number of rotatable bonds is 7. The molecule has 0 aliphatic carbocycles. The Hall–Kier alpha value is -3.63. The zero-order valence-corrected chi connectivity index (χ0v) is 23.6. The minimum Gasteiger partial charge on any atom is -0.483 e. The van der Waals surface area contributed by atoms with Gasteiger partial charge in [0, 0.05) is 20.8 Å². The maximum Gasteiger partial charge on any atom is 0.418 e. The van der Waals surface area contributed by atoms with Gasteiger partial charge in [0.05, 0.1) is 22.2 Å². The molecular formula is C25H17BrF3N3O7S2. The summed E-state index contributed by atoms with van der Waals surface area (Å²) in [6.07, 6.45) is -4.70. The van der Waals surface area contributed by atoms with Crippen LogP contribution >= 0.6 is 39.0 Å². The van der Waals surface area contributed by atoms with Gasteiger partial charge in [-0.05, 0) is 30.3 Å². The number of nitrogens with zero attached hydrogens (tertiary/aromatic N) is 1. The fraction of sp³-hybridized carbons (Fsp3) is 0.240. The van der Waals surface area contributed by atoms with Crippen LogP contribution in [-0.2, 0) is 25.4 Å². The van der Waals surface area contributed by atoms with Crippen molar-refractivity contribution in [2.75, 3.05) is 18.5 Å². The quantitative estimate of drug-likeness (QED) is 0.321. The highest BCUT2D eigenvalue weighted by molar-refractivity contribution is 9.10. The van der Waals surface area contributed by atoms with Crippen molar-refractivity contribution in [1.82, 2.24) is 9.88 Å². The van der Waals surface area contributed by atoms with Crippen molar-refractivity contribution in [3.8, 4) is 5.75 Å². The van der Waals surface area contributed by atoms with Gasteiger partial charge in [0.15, 0.2) is 6.61 Å². The second-order valence-corrected chi connectivity index (χ2v) is 12.1. The lowest BCUT2D eigenvalue weighted by Gasteiger charge is -2.31. The number of alkyl halides is 3. The highest BCUT2D eigenvalue weighted by atomic mass is 79.9. The lowest BCUT2D eigenvalue weighted by Crippen LogP contribution is -2.36. The molecule has 41 heavy (non-hydrogen) atoms. The van der Waals surface area contributed by atoms with E-state index in [0.717, 1.165) is 35.2 Å². The van der Waals surface area contributed by atoms with Crippen LogP contribution in [0.3, 0.4) is 0 Å². The first-order chi connectivity index (χ1) is 19.3. The van der Waals surface area contributed by atoms with Crippen molar-refractivity contribution in [3.05, 3.63) is 72.6 Å². The number of benzene rings is 2. The number of aromatic nitrogens is 1. The van der Waals surface area contributed by atoms with Gasteiger partial charge in [-0.15, -0.1) is 0 Å². The topological polar surface area (TPSA) is 146 Å². The summed E-state index contributed by atoms with van der Waals surface area (Å²) in [5, 5.41) is 10.7. The summed E-state index contributed by atoms with van der Waals surface area (Å²) in [6, 6.07) is 9.08. The Kier molecular flexibility index (Phi) is 7.74. The van der Waals surface area contributed by atoms with E-state index in [1.165, 1.54) is 18.2 Å². The minimum atomic E-state index is -4.70. The summed E-state index contributed by atoms with van der Waals surface area (Å²) in [4.78, 5) is 66.0. The van der Waals surface area contributed by atoms with Crippen LogP contribution in [0.5, 0.6) is 5.75 Å². The third-order valence-corrected chi connectivity index (χ3v) is 9.28. The van der Waals surface area contributed by atoms with Gasteiger partial charge in [0.1, 0.15) is 17.5 Å². The lowest BCUT2D eigenvalue weighted by atomic mass is 9.82. The molecule has 5 rings (SSSR count). The number of H-pyrrole nitrogens is 1. The largest absolute Gasteiger partial charge is 0.483 e. The SMILES string of the molecule is O=C(O)CN1C(=O)[C@@H]2[C@H](c3cc(Br)ccc3OCC(=O)Nc3ccccc3C(F)(F)F)c3sc(=O)[nH]c3S[C@@H]2C1=O. The molecular weight excluding hydrogens is 655 g/mol. The second-order valence-electron chi connectivity index (χ2n) is 8.97. The molecule has 1 fully saturated rings. The molecule has 0 radical (unpaired) electrons. The van der Waals surface area contributed by atoms with E-state index >= 15 is 0 Å². The zero-order chi connectivity index (χ0) is 29.6. The number of aromatic amines is 1. The van der Waals surface area contributed by atoms with Crippen molar-refractivity contribution in [2.24, 2.45) is 5.92 Å². The Labute approximate surface area is 245 Å². The molecule has 3 atom stereocenters. The van der Waals surface area contributed by atoms with Crippen LogP contribution in [0.2, 0.25) is 0 Å². The van der Waals surface area contributed by atoms with E-state index in [0.29, 0.717) is 24.8 Å². The molecule has 0 spiro atoms. The van der Waals surface area contributed by atoms with Crippen molar-refractivity contribution >= 4 is 68.4 Å². The van der Waals surface area contributed by atoms with Crippen molar-refractivity contribution in [3.63, 3.8) is 0 Å². The molecule has 3 heterocycles. The average Bonchev–Trinajstić information content (AvgIpc) is 3.38. The first-order valence-corrected chi connectivity index (χ1v) is 14.2. The standard InChI is InChI=1S/C25H17BrF3N3O7S2/c26-10-5-6-14(39-9-15(33)30-13-4-2-1-3-12(13)25(27,28)29)11(7-10)17-18-20(40-21-19(17)41-24(38)31-21)23(37)32(22(18)36)8-16(34)35/h1-7,17-18,20H,8-9H2,(H,30,33)(H,31,38)(H,34,35)/t17-,18+,20-/m0/s1. The first-order valence-electron chi connectivity index (χ1n) is 11.7. The van der Waals surface area contributed by atoms with Crippen LogP contribution in [0.25, 0.3) is 0 Å². The van der Waals surface area contributed by atoms with Crippen molar-refractivity contribution in [1.29, 1.82) is 0 Å². The number of fused-ring (bicyclic) bond motifs is 2. The van der Waals surface area contributed by atoms with Gasteiger partial charge in [0.25, 0.3) is 5.91 Å². The van der Waals surface area contributed by atoms with Crippen LogP contribution in [0.15, 0.2) is 56.8 Å². The lowest BCUT2D eigenvalue weighted by molar-refractivity contribution is -0.149. The fourth-order valence-corrected chi connectivity index (χ4v) is 7.67. The summed E-state index contributed by atoms with van der Waals surface area (Å²) in [6.45, 7) is -1.53. The molecule has 1 saturated heterocycles. The number of carbonyl (C=O) groups is 4. The molecule has 3 amide bonds. The normalized spacial score (nSPS) is 20.0. The summed E-state index contributed by atoms with van der Waals surface area (Å²) < 4.78 is 46.2. The van der Waals surface area contributed by atoms with Gasteiger partial charge < -0.3 is 20.1 Å². The Morgan fingerprint density at radius 3 is 2.56 bits per heavy atom. The van der Waals surface area contributed by atoms with Crippen LogP contribution < -0.4 is 14.9 Å². The number of anilines is 1. The zero-order valence-electron chi connectivity index (χ0n) is 20.4. The van der Waals surface area contributed by atoms with Gasteiger partial charge in [-0.1, -0.05) is 51.2 Å². The molecule has 0 saturated carbocycles. The number of thioether (sulfide) groups is 1. The number of thiazole rings is 1. The molecule has 3 N–H and O–H groups in total. The number of likely N-dealkylation sites (tertiary alicyclic amines) is 1. The van der Waals surface area contributed by atoms with Crippen LogP contribution in [0.4, 0.5) is 18.9 Å². The molecule has 2 aliphatic rings. The molecule has 10 nitrogen and oxygen atoms in total. The fourth-order valence-electron chi connectivity index (χ4n) is 4.76. The number of carboxylic acid groups (broad SMARTS) is 1. The van der Waals surface area contributed by atoms with Crippen LogP contribution in [0, 0.1) is 5.92 Å².